The Balaban J connectivity index is 1.17. The summed E-state index contributed by atoms with van der Waals surface area (Å²) < 4.78 is 0. The Morgan fingerprint density at radius 1 is 0.452 bits per heavy atom. The molecule has 0 heteroatoms. The predicted octanol–water partition coefficient (Wildman–Crippen LogP) is 8.07. The van der Waals surface area contributed by atoms with Gasteiger partial charge in [0, 0.05) is 5.92 Å². The number of benzene rings is 4. The van der Waals surface area contributed by atoms with E-state index in [1.165, 1.54) is 50.1 Å². The molecular formula is C31H22. The van der Waals surface area contributed by atoms with Gasteiger partial charge in [0.25, 0.3) is 0 Å². The van der Waals surface area contributed by atoms with Gasteiger partial charge in [0.1, 0.15) is 0 Å². The second-order valence-electron chi connectivity index (χ2n) is 8.25. The maximum absolute atomic E-state index is 2.34. The minimum atomic E-state index is 0.488. The van der Waals surface area contributed by atoms with Crippen LogP contribution in [0.2, 0.25) is 0 Å². The van der Waals surface area contributed by atoms with E-state index in [1.807, 2.05) is 0 Å². The first-order chi connectivity index (χ1) is 15.3. The van der Waals surface area contributed by atoms with Gasteiger partial charge < -0.3 is 0 Å². The molecule has 0 nitrogen and oxygen atoms in total. The van der Waals surface area contributed by atoms with Crippen molar-refractivity contribution in [1.82, 2.24) is 0 Å². The molecule has 31 heavy (non-hydrogen) atoms. The van der Waals surface area contributed by atoms with Crippen LogP contribution in [-0.4, -0.2) is 0 Å². The van der Waals surface area contributed by atoms with Crippen LogP contribution in [0.5, 0.6) is 0 Å². The van der Waals surface area contributed by atoms with Gasteiger partial charge >= 0.3 is 0 Å². The molecular weight excluding hydrogens is 372 g/mol. The topological polar surface area (TPSA) is 0 Å². The van der Waals surface area contributed by atoms with E-state index in [9.17, 15) is 0 Å². The van der Waals surface area contributed by atoms with Crippen molar-refractivity contribution in [3.05, 3.63) is 149 Å². The summed E-state index contributed by atoms with van der Waals surface area (Å²) in [6.07, 6.45) is 6.96. The van der Waals surface area contributed by atoms with Crippen LogP contribution in [0.3, 0.4) is 0 Å². The summed E-state index contributed by atoms with van der Waals surface area (Å²) in [6, 6.07) is 38.9. The van der Waals surface area contributed by atoms with E-state index in [2.05, 4.69) is 127 Å². The number of allylic oxidation sites excluding steroid dienone is 5. The average molecular weight is 395 g/mol. The molecule has 0 atom stereocenters. The fraction of sp³-hybridized carbons (Fsp3) is 0.0323. The molecule has 1 saturated carbocycles. The van der Waals surface area contributed by atoms with Crippen LogP contribution >= 0.6 is 0 Å². The highest BCUT2D eigenvalue weighted by atomic mass is 14.4. The van der Waals surface area contributed by atoms with Crippen molar-refractivity contribution in [1.29, 1.82) is 0 Å². The van der Waals surface area contributed by atoms with Crippen molar-refractivity contribution in [2.24, 2.45) is 0 Å². The lowest BCUT2D eigenvalue weighted by molar-refractivity contribution is 1.23. The highest BCUT2D eigenvalue weighted by molar-refractivity contribution is 5.79. The maximum Gasteiger partial charge on any atom is 0.0346 e. The first-order valence-corrected chi connectivity index (χ1v) is 10.8. The van der Waals surface area contributed by atoms with Gasteiger partial charge in [-0.3, -0.25) is 0 Å². The fourth-order valence-corrected chi connectivity index (χ4v) is 4.53. The molecule has 4 aromatic rings. The molecule has 4 aromatic carbocycles. The summed E-state index contributed by atoms with van der Waals surface area (Å²) in [4.78, 5) is 0. The second kappa shape index (κ2) is 7.41. The van der Waals surface area contributed by atoms with Gasteiger partial charge in [-0.25, -0.2) is 0 Å². The number of rotatable bonds is 4. The Hall–Kier alpha value is -3.90. The maximum atomic E-state index is 2.34. The molecule has 0 bridgehead atoms. The first-order valence-electron chi connectivity index (χ1n) is 10.8. The largest absolute Gasteiger partial charge is 0.0622 e. The smallest absolute Gasteiger partial charge is 0.0346 e. The monoisotopic (exact) mass is 394 g/mol. The molecule has 0 N–H and O–H groups in total. The molecule has 0 aromatic heterocycles. The van der Waals surface area contributed by atoms with Crippen molar-refractivity contribution in [3.63, 3.8) is 0 Å². The average Bonchev–Trinajstić information content (AvgIpc) is 3.35. The highest BCUT2D eigenvalue weighted by Gasteiger charge is 2.41. The van der Waals surface area contributed by atoms with E-state index in [4.69, 9.17) is 0 Å². The molecule has 6 rings (SSSR count). The standard InChI is InChI=1S/C31H22/c1-3-7-24(8-4-1)26-13-11-22(12-14-26)19-23-20-29-30(21-23)31(29)28-17-15-27(16-18-28)25-9-5-2-6-10-25/h1-21,31H. The molecule has 0 aliphatic heterocycles. The van der Waals surface area contributed by atoms with Gasteiger partial charge in [-0.15, -0.1) is 0 Å². The minimum Gasteiger partial charge on any atom is -0.0622 e. The van der Waals surface area contributed by atoms with E-state index in [0.29, 0.717) is 5.92 Å². The fourth-order valence-electron chi connectivity index (χ4n) is 4.53. The van der Waals surface area contributed by atoms with Gasteiger partial charge in [-0.1, -0.05) is 121 Å². The number of hydrogen-bond acceptors (Lipinski definition) is 0. The summed E-state index contributed by atoms with van der Waals surface area (Å²) in [5.41, 5.74) is 11.9. The summed E-state index contributed by atoms with van der Waals surface area (Å²) >= 11 is 0. The van der Waals surface area contributed by atoms with Crippen LogP contribution in [0, 0.1) is 0 Å². The van der Waals surface area contributed by atoms with Crippen LogP contribution < -0.4 is 0 Å². The van der Waals surface area contributed by atoms with Gasteiger partial charge in [-0.2, -0.15) is 0 Å². The van der Waals surface area contributed by atoms with Crippen LogP contribution in [0.25, 0.3) is 28.3 Å². The Morgan fingerprint density at radius 3 is 1.42 bits per heavy atom. The third kappa shape index (κ3) is 3.47. The molecule has 0 unspecified atom stereocenters. The zero-order valence-corrected chi connectivity index (χ0v) is 17.2. The molecule has 0 spiro atoms. The van der Waals surface area contributed by atoms with Crippen molar-refractivity contribution >= 4 is 6.08 Å². The minimum absolute atomic E-state index is 0.488. The Labute approximate surface area is 183 Å². The van der Waals surface area contributed by atoms with Crippen LogP contribution in [-0.2, 0) is 0 Å². The quantitative estimate of drug-likeness (QED) is 0.328. The lowest BCUT2D eigenvalue weighted by atomic mass is 10.0. The van der Waals surface area contributed by atoms with E-state index < -0.39 is 0 Å². The number of hydrogen-bond donors (Lipinski definition) is 0. The van der Waals surface area contributed by atoms with Crippen LogP contribution in [0.15, 0.2) is 138 Å². The van der Waals surface area contributed by atoms with Gasteiger partial charge in [-0.05, 0) is 56.2 Å². The van der Waals surface area contributed by atoms with Crippen molar-refractivity contribution < 1.29 is 0 Å². The van der Waals surface area contributed by atoms with E-state index in [0.717, 1.165) is 0 Å². The predicted molar refractivity (Wildman–Crippen MR) is 131 cm³/mol. The summed E-state index contributed by atoms with van der Waals surface area (Å²) in [7, 11) is 0. The highest BCUT2D eigenvalue weighted by Crippen LogP contribution is 2.57. The normalized spacial score (nSPS) is 14.6. The molecule has 0 saturated heterocycles. The van der Waals surface area contributed by atoms with Crippen LogP contribution in [0.1, 0.15) is 17.0 Å². The van der Waals surface area contributed by atoms with Gasteiger partial charge in [0.05, 0.1) is 0 Å². The summed E-state index contributed by atoms with van der Waals surface area (Å²) in [6.45, 7) is 0. The van der Waals surface area contributed by atoms with Crippen molar-refractivity contribution in [3.8, 4) is 22.3 Å². The SMILES string of the molecule is C(=C1C=C2C(=C1)C2c1ccc(-c2ccccc2)cc1)c1ccc(-c2ccccc2)cc1. The van der Waals surface area contributed by atoms with Gasteiger partial charge in [0.2, 0.25) is 0 Å². The first kappa shape index (κ1) is 17.9. The Bertz CT molecular complexity index is 1300. The lowest BCUT2D eigenvalue weighted by Crippen LogP contribution is -1.83. The van der Waals surface area contributed by atoms with E-state index in [1.54, 1.807) is 0 Å². The molecule has 0 radical (unpaired) electrons. The molecule has 0 heterocycles. The van der Waals surface area contributed by atoms with Gasteiger partial charge in [0.15, 0.2) is 0 Å². The zero-order chi connectivity index (χ0) is 20.6. The summed E-state index contributed by atoms with van der Waals surface area (Å²) in [5.74, 6) is 0.488. The molecule has 0 amide bonds. The van der Waals surface area contributed by atoms with Crippen LogP contribution in [0.4, 0.5) is 0 Å². The Morgan fingerprint density at radius 2 is 0.903 bits per heavy atom. The molecule has 146 valence electrons. The second-order valence-corrected chi connectivity index (χ2v) is 8.25. The molecule has 1 fully saturated rings. The number of fused-ring (bicyclic) bond motifs is 1. The van der Waals surface area contributed by atoms with Crippen molar-refractivity contribution in [2.75, 3.05) is 0 Å². The third-order valence-electron chi connectivity index (χ3n) is 6.22. The summed E-state index contributed by atoms with van der Waals surface area (Å²) in [5, 5.41) is 0. The molecule has 2 aliphatic rings. The molecule has 2 aliphatic carbocycles. The zero-order valence-electron chi connectivity index (χ0n) is 17.2. The van der Waals surface area contributed by atoms with E-state index in [-0.39, 0.29) is 0 Å². The third-order valence-corrected chi connectivity index (χ3v) is 6.22. The van der Waals surface area contributed by atoms with E-state index >= 15 is 0 Å². The van der Waals surface area contributed by atoms with Crippen molar-refractivity contribution in [2.45, 2.75) is 5.92 Å². The Kier molecular flexibility index (Phi) is 4.28. The lowest BCUT2D eigenvalue weighted by Gasteiger charge is -2.04.